The van der Waals surface area contributed by atoms with Crippen LogP contribution >= 0.6 is 12.4 Å². The van der Waals surface area contributed by atoms with Gasteiger partial charge in [0.1, 0.15) is 0 Å². The topological polar surface area (TPSA) is 26.0 Å². The predicted octanol–water partition coefficient (Wildman–Crippen LogP) is 3.43. The lowest BCUT2D eigenvalue weighted by molar-refractivity contribution is -0.156. The number of hydrogen-bond acceptors (Lipinski definition) is 1. The summed E-state index contributed by atoms with van der Waals surface area (Å²) in [7, 11) is 0. The highest BCUT2D eigenvalue weighted by Gasteiger charge is 2.69. The number of nitrogens with two attached hydrogens (primary N) is 1. The molecule has 0 radical (unpaired) electrons. The third-order valence-corrected chi connectivity index (χ3v) is 4.66. The second kappa shape index (κ2) is 4.15. The van der Waals surface area contributed by atoms with Crippen molar-refractivity contribution in [1.29, 1.82) is 0 Å². The van der Waals surface area contributed by atoms with E-state index in [4.69, 9.17) is 5.73 Å². The molecule has 1 nitrogen and oxygen atoms in total. The van der Waals surface area contributed by atoms with Gasteiger partial charge in [0, 0.05) is 6.04 Å². The molecule has 0 heterocycles. The molecule has 0 saturated heterocycles. The molecule has 0 amide bonds. The van der Waals surface area contributed by atoms with Crippen molar-refractivity contribution in [2.24, 2.45) is 11.1 Å². The standard InChI is InChI=1S/C15H19N.ClH/c1-2-6-13(16)15-9-14(10-15,11-15)12-7-4-3-5-8-12;/h2-5,7-8,13H,1,6,9-11,16H2;1H. The van der Waals surface area contributed by atoms with Crippen molar-refractivity contribution in [1.82, 2.24) is 0 Å². The van der Waals surface area contributed by atoms with Crippen LogP contribution in [0.15, 0.2) is 43.0 Å². The quantitative estimate of drug-likeness (QED) is 0.813. The molecule has 4 rings (SSSR count). The summed E-state index contributed by atoms with van der Waals surface area (Å²) in [5.41, 5.74) is 8.68. The second-order valence-electron chi connectivity index (χ2n) is 5.67. The molecule has 0 spiro atoms. The van der Waals surface area contributed by atoms with Crippen molar-refractivity contribution in [3.05, 3.63) is 48.6 Å². The first-order valence-electron chi connectivity index (χ1n) is 6.13. The average Bonchev–Trinajstić information content (AvgIpc) is 2.15. The van der Waals surface area contributed by atoms with E-state index in [0.717, 1.165) is 6.42 Å². The zero-order valence-electron chi connectivity index (χ0n) is 10.1. The van der Waals surface area contributed by atoms with Gasteiger partial charge in [-0.25, -0.2) is 0 Å². The van der Waals surface area contributed by atoms with Gasteiger partial charge in [0.2, 0.25) is 0 Å². The van der Waals surface area contributed by atoms with Gasteiger partial charge in [0.15, 0.2) is 0 Å². The number of benzene rings is 1. The van der Waals surface area contributed by atoms with E-state index < -0.39 is 0 Å². The molecule has 1 atom stereocenters. The van der Waals surface area contributed by atoms with E-state index in [2.05, 4.69) is 36.9 Å². The third kappa shape index (κ3) is 1.64. The van der Waals surface area contributed by atoms with Crippen LogP contribution in [0.4, 0.5) is 0 Å². The van der Waals surface area contributed by atoms with Crippen LogP contribution in [0.25, 0.3) is 0 Å². The van der Waals surface area contributed by atoms with Gasteiger partial charge in [-0.05, 0) is 42.1 Å². The molecule has 3 fully saturated rings. The van der Waals surface area contributed by atoms with Gasteiger partial charge in [0.25, 0.3) is 0 Å². The Balaban J connectivity index is 0.00000108. The molecule has 0 aromatic heterocycles. The van der Waals surface area contributed by atoms with E-state index in [-0.39, 0.29) is 12.4 Å². The van der Waals surface area contributed by atoms with Gasteiger partial charge in [-0.3, -0.25) is 0 Å². The van der Waals surface area contributed by atoms with Gasteiger partial charge in [-0.15, -0.1) is 19.0 Å². The molecule has 17 heavy (non-hydrogen) atoms. The van der Waals surface area contributed by atoms with Crippen molar-refractivity contribution in [2.75, 3.05) is 0 Å². The predicted molar refractivity (Wildman–Crippen MR) is 74.4 cm³/mol. The lowest BCUT2D eigenvalue weighted by Crippen LogP contribution is -2.70. The van der Waals surface area contributed by atoms with Gasteiger partial charge in [-0.1, -0.05) is 36.4 Å². The van der Waals surface area contributed by atoms with Gasteiger partial charge < -0.3 is 5.73 Å². The summed E-state index contributed by atoms with van der Waals surface area (Å²) in [4.78, 5) is 0. The van der Waals surface area contributed by atoms with Crippen LogP contribution in [0, 0.1) is 5.41 Å². The Morgan fingerprint density at radius 1 is 1.24 bits per heavy atom. The smallest absolute Gasteiger partial charge is 0.0131 e. The lowest BCUT2D eigenvalue weighted by atomic mass is 9.31. The first-order valence-corrected chi connectivity index (χ1v) is 6.13. The summed E-state index contributed by atoms with van der Waals surface area (Å²) in [5, 5.41) is 0. The molecule has 2 bridgehead atoms. The molecule has 3 saturated carbocycles. The summed E-state index contributed by atoms with van der Waals surface area (Å²) in [5.74, 6) is 0. The molecule has 1 aromatic carbocycles. The van der Waals surface area contributed by atoms with Crippen molar-refractivity contribution >= 4 is 12.4 Å². The first kappa shape index (κ1) is 12.7. The summed E-state index contributed by atoms with van der Waals surface area (Å²) in [6, 6.07) is 11.2. The fraction of sp³-hybridized carbons (Fsp3) is 0.467. The monoisotopic (exact) mass is 249 g/mol. The SMILES string of the molecule is C=CCC(N)C12CC(c3ccccc3)(C1)C2.Cl. The van der Waals surface area contributed by atoms with Gasteiger partial charge >= 0.3 is 0 Å². The fourth-order valence-electron chi connectivity index (χ4n) is 3.79. The minimum absolute atomic E-state index is 0. The Morgan fingerprint density at radius 3 is 2.35 bits per heavy atom. The van der Waals surface area contributed by atoms with Crippen LogP contribution in [0.3, 0.4) is 0 Å². The van der Waals surface area contributed by atoms with E-state index >= 15 is 0 Å². The Morgan fingerprint density at radius 2 is 1.82 bits per heavy atom. The van der Waals surface area contributed by atoms with E-state index in [1.54, 1.807) is 0 Å². The van der Waals surface area contributed by atoms with Crippen molar-refractivity contribution in [3.63, 3.8) is 0 Å². The van der Waals surface area contributed by atoms with Crippen LogP contribution in [0.2, 0.25) is 0 Å². The number of hydrogen-bond donors (Lipinski definition) is 1. The maximum absolute atomic E-state index is 6.23. The normalized spacial score (nSPS) is 34.9. The Hall–Kier alpha value is -0.790. The Kier molecular flexibility index (Phi) is 3.09. The molecular formula is C15H20ClN. The van der Waals surface area contributed by atoms with Crippen LogP contribution in [0.5, 0.6) is 0 Å². The maximum atomic E-state index is 6.23. The molecular weight excluding hydrogens is 230 g/mol. The van der Waals surface area contributed by atoms with Gasteiger partial charge in [0.05, 0.1) is 0 Å². The first-order chi connectivity index (χ1) is 7.71. The molecule has 0 aliphatic heterocycles. The molecule has 2 heteroatoms. The zero-order valence-corrected chi connectivity index (χ0v) is 10.9. The fourth-order valence-corrected chi connectivity index (χ4v) is 3.79. The summed E-state index contributed by atoms with van der Waals surface area (Å²) >= 11 is 0. The maximum Gasteiger partial charge on any atom is 0.0131 e. The molecule has 2 N–H and O–H groups in total. The molecule has 1 aromatic rings. The molecule has 3 aliphatic carbocycles. The average molecular weight is 250 g/mol. The summed E-state index contributed by atoms with van der Waals surface area (Å²) in [6.07, 6.45) is 6.79. The number of halogens is 1. The van der Waals surface area contributed by atoms with E-state index in [1.807, 2.05) is 6.08 Å². The van der Waals surface area contributed by atoms with Crippen molar-refractivity contribution in [2.45, 2.75) is 37.1 Å². The Labute approximate surface area is 110 Å². The highest BCUT2D eigenvalue weighted by atomic mass is 35.5. The minimum atomic E-state index is 0. The van der Waals surface area contributed by atoms with Crippen LogP contribution < -0.4 is 5.73 Å². The van der Waals surface area contributed by atoms with Crippen LogP contribution in [-0.4, -0.2) is 6.04 Å². The molecule has 92 valence electrons. The molecule has 1 unspecified atom stereocenters. The van der Waals surface area contributed by atoms with E-state index in [9.17, 15) is 0 Å². The lowest BCUT2D eigenvalue weighted by Gasteiger charge is -2.73. The van der Waals surface area contributed by atoms with Crippen LogP contribution in [-0.2, 0) is 5.41 Å². The summed E-state index contributed by atoms with van der Waals surface area (Å²) in [6.45, 7) is 3.79. The highest BCUT2D eigenvalue weighted by Crippen LogP contribution is 2.74. The minimum Gasteiger partial charge on any atom is -0.327 e. The van der Waals surface area contributed by atoms with E-state index in [1.165, 1.54) is 24.8 Å². The van der Waals surface area contributed by atoms with Crippen LogP contribution in [0.1, 0.15) is 31.2 Å². The molecule has 3 aliphatic rings. The summed E-state index contributed by atoms with van der Waals surface area (Å²) < 4.78 is 0. The Bertz CT molecular complexity index is 392. The largest absolute Gasteiger partial charge is 0.327 e. The van der Waals surface area contributed by atoms with Crippen molar-refractivity contribution < 1.29 is 0 Å². The zero-order chi connectivity index (χ0) is 11.2. The number of rotatable bonds is 4. The highest BCUT2D eigenvalue weighted by molar-refractivity contribution is 5.85. The van der Waals surface area contributed by atoms with Gasteiger partial charge in [-0.2, -0.15) is 0 Å². The van der Waals surface area contributed by atoms with E-state index in [0.29, 0.717) is 16.9 Å². The van der Waals surface area contributed by atoms with Crippen molar-refractivity contribution in [3.8, 4) is 0 Å². The second-order valence-corrected chi connectivity index (χ2v) is 5.67. The third-order valence-electron chi connectivity index (χ3n) is 4.66.